The molecule has 1 saturated heterocycles. The smallest absolute Gasteiger partial charge is 0.257 e. The summed E-state index contributed by atoms with van der Waals surface area (Å²) in [4.78, 5) is 14.6. The number of piperidine rings is 1. The summed E-state index contributed by atoms with van der Waals surface area (Å²) in [6.45, 7) is 3.52. The molecule has 1 aliphatic rings. The summed E-state index contributed by atoms with van der Waals surface area (Å²) in [7, 11) is 0. The summed E-state index contributed by atoms with van der Waals surface area (Å²) in [5, 5.41) is 4.96. The van der Waals surface area contributed by atoms with Gasteiger partial charge in [0.05, 0.1) is 17.4 Å². The van der Waals surface area contributed by atoms with Crippen LogP contribution in [0.5, 0.6) is 0 Å². The van der Waals surface area contributed by atoms with Gasteiger partial charge in [-0.3, -0.25) is 4.79 Å². The molecule has 1 amide bonds. The normalized spacial score (nSPS) is 19.6. The molecule has 0 aliphatic carbocycles. The molecule has 1 fully saturated rings. The number of nitrogens with two attached hydrogens (primary N) is 1. The van der Waals surface area contributed by atoms with E-state index in [4.69, 9.17) is 17.3 Å². The zero-order chi connectivity index (χ0) is 16.4. The average Bonchev–Trinajstić information content (AvgIpc) is 3.05. The van der Waals surface area contributed by atoms with Gasteiger partial charge in [-0.2, -0.15) is 5.10 Å². The maximum Gasteiger partial charge on any atom is 0.257 e. The number of carbonyl (C=O) groups excluding carboxylic acids is 1. The number of likely N-dealkylation sites (tertiary alicyclic amines) is 1. The van der Waals surface area contributed by atoms with Crippen LogP contribution < -0.4 is 5.73 Å². The summed E-state index contributed by atoms with van der Waals surface area (Å²) in [6.07, 6.45) is 5.47. The fourth-order valence-electron chi connectivity index (χ4n) is 2.97. The highest BCUT2D eigenvalue weighted by Crippen LogP contribution is 2.21. The van der Waals surface area contributed by atoms with E-state index in [9.17, 15) is 4.79 Å². The number of rotatable bonds is 3. The lowest BCUT2D eigenvalue weighted by atomic mass is 9.92. The van der Waals surface area contributed by atoms with Crippen molar-refractivity contribution in [3.05, 3.63) is 47.2 Å². The zero-order valence-corrected chi connectivity index (χ0v) is 13.9. The molecule has 1 aromatic heterocycles. The molecular weight excluding hydrogens is 312 g/mol. The van der Waals surface area contributed by atoms with Crippen molar-refractivity contribution < 1.29 is 4.79 Å². The first kappa shape index (κ1) is 16.0. The molecule has 0 radical (unpaired) electrons. The molecule has 0 saturated carbocycles. The first-order valence-corrected chi connectivity index (χ1v) is 8.28. The second kappa shape index (κ2) is 6.72. The van der Waals surface area contributed by atoms with E-state index >= 15 is 0 Å². The third kappa shape index (κ3) is 3.57. The third-order valence-corrected chi connectivity index (χ3v) is 4.66. The fourth-order valence-corrected chi connectivity index (χ4v) is 3.10. The standard InChI is InChI=1S/C17H21ClN4O/c1-12(19)13-3-2-8-21(10-13)17(23)14-9-20-22(11-14)16-6-4-15(18)5-7-16/h4-7,9,11-13H,2-3,8,10,19H2,1H3. The van der Waals surface area contributed by atoms with Crippen molar-refractivity contribution in [3.63, 3.8) is 0 Å². The first-order valence-electron chi connectivity index (χ1n) is 7.90. The Labute approximate surface area is 141 Å². The summed E-state index contributed by atoms with van der Waals surface area (Å²) < 4.78 is 1.69. The highest BCUT2D eigenvalue weighted by atomic mass is 35.5. The van der Waals surface area contributed by atoms with Crippen molar-refractivity contribution in [3.8, 4) is 5.69 Å². The second-order valence-electron chi connectivity index (χ2n) is 6.16. The van der Waals surface area contributed by atoms with Crippen LogP contribution in [0.4, 0.5) is 0 Å². The molecule has 2 unspecified atom stereocenters. The zero-order valence-electron chi connectivity index (χ0n) is 13.2. The van der Waals surface area contributed by atoms with Crippen LogP contribution >= 0.6 is 11.6 Å². The minimum absolute atomic E-state index is 0.0237. The van der Waals surface area contributed by atoms with E-state index in [-0.39, 0.29) is 11.9 Å². The number of hydrogen-bond donors (Lipinski definition) is 1. The van der Waals surface area contributed by atoms with Crippen LogP contribution in [0.3, 0.4) is 0 Å². The van der Waals surface area contributed by atoms with Gasteiger partial charge in [0.15, 0.2) is 0 Å². The Hall–Kier alpha value is -1.85. The Morgan fingerprint density at radius 3 is 2.83 bits per heavy atom. The Bertz CT molecular complexity index is 680. The van der Waals surface area contributed by atoms with Crippen LogP contribution in [0.15, 0.2) is 36.7 Å². The number of carbonyl (C=O) groups is 1. The number of nitrogens with zero attached hydrogens (tertiary/aromatic N) is 3. The lowest BCUT2D eigenvalue weighted by Crippen LogP contribution is -2.45. The second-order valence-corrected chi connectivity index (χ2v) is 6.60. The van der Waals surface area contributed by atoms with Crippen LogP contribution in [-0.2, 0) is 0 Å². The van der Waals surface area contributed by atoms with E-state index in [0.717, 1.165) is 31.6 Å². The largest absolute Gasteiger partial charge is 0.338 e. The van der Waals surface area contributed by atoms with Gasteiger partial charge < -0.3 is 10.6 Å². The molecular formula is C17H21ClN4O. The Balaban J connectivity index is 1.74. The number of aromatic nitrogens is 2. The highest BCUT2D eigenvalue weighted by Gasteiger charge is 2.27. The van der Waals surface area contributed by atoms with Crippen molar-refractivity contribution in [1.82, 2.24) is 14.7 Å². The van der Waals surface area contributed by atoms with E-state index in [1.54, 1.807) is 29.2 Å². The summed E-state index contributed by atoms with van der Waals surface area (Å²) in [5.41, 5.74) is 7.47. The number of amides is 1. The summed E-state index contributed by atoms with van der Waals surface area (Å²) in [6, 6.07) is 7.46. The Morgan fingerprint density at radius 2 is 2.13 bits per heavy atom. The molecule has 3 rings (SSSR count). The van der Waals surface area contributed by atoms with Crippen molar-refractivity contribution in [2.24, 2.45) is 11.7 Å². The first-order chi connectivity index (χ1) is 11.0. The van der Waals surface area contributed by atoms with Gasteiger partial charge in [0.1, 0.15) is 0 Å². The number of halogens is 1. The van der Waals surface area contributed by atoms with Gasteiger partial charge in [-0.05, 0) is 49.9 Å². The van der Waals surface area contributed by atoms with Gasteiger partial charge in [0.25, 0.3) is 5.91 Å². The number of benzene rings is 1. The van der Waals surface area contributed by atoms with Crippen LogP contribution in [0.2, 0.25) is 5.02 Å². The molecule has 0 spiro atoms. The summed E-state index contributed by atoms with van der Waals surface area (Å²) in [5.74, 6) is 0.398. The van der Waals surface area contributed by atoms with Crippen molar-refractivity contribution >= 4 is 17.5 Å². The molecule has 2 N–H and O–H groups in total. The number of hydrogen-bond acceptors (Lipinski definition) is 3. The van der Waals surface area contributed by atoms with Crippen LogP contribution in [0.25, 0.3) is 5.69 Å². The van der Waals surface area contributed by atoms with Crippen LogP contribution in [0, 0.1) is 5.92 Å². The fraction of sp³-hybridized carbons (Fsp3) is 0.412. The van der Waals surface area contributed by atoms with Gasteiger partial charge in [-0.1, -0.05) is 11.6 Å². The van der Waals surface area contributed by atoms with Gasteiger partial charge in [-0.25, -0.2) is 4.68 Å². The molecule has 122 valence electrons. The van der Waals surface area contributed by atoms with E-state index < -0.39 is 0 Å². The van der Waals surface area contributed by atoms with Crippen molar-refractivity contribution in [1.29, 1.82) is 0 Å². The predicted molar refractivity (Wildman–Crippen MR) is 90.9 cm³/mol. The van der Waals surface area contributed by atoms with E-state index in [0.29, 0.717) is 16.5 Å². The van der Waals surface area contributed by atoms with Gasteiger partial charge >= 0.3 is 0 Å². The minimum Gasteiger partial charge on any atom is -0.338 e. The molecule has 5 nitrogen and oxygen atoms in total. The summed E-state index contributed by atoms with van der Waals surface area (Å²) >= 11 is 5.89. The minimum atomic E-state index is 0.0237. The Kier molecular flexibility index (Phi) is 4.68. The quantitative estimate of drug-likeness (QED) is 0.940. The highest BCUT2D eigenvalue weighted by molar-refractivity contribution is 6.30. The molecule has 1 aromatic carbocycles. The SMILES string of the molecule is CC(N)C1CCCN(C(=O)c2cnn(-c3ccc(Cl)cc3)c2)C1. The lowest BCUT2D eigenvalue weighted by molar-refractivity contribution is 0.0661. The maximum atomic E-state index is 12.7. The third-order valence-electron chi connectivity index (χ3n) is 4.41. The van der Waals surface area contributed by atoms with E-state index in [1.807, 2.05) is 24.0 Å². The van der Waals surface area contributed by atoms with Gasteiger partial charge in [0.2, 0.25) is 0 Å². The molecule has 2 aromatic rings. The Morgan fingerprint density at radius 1 is 1.39 bits per heavy atom. The molecule has 23 heavy (non-hydrogen) atoms. The van der Waals surface area contributed by atoms with Gasteiger partial charge in [0, 0.05) is 30.4 Å². The van der Waals surface area contributed by atoms with Crippen LogP contribution in [-0.4, -0.2) is 39.7 Å². The van der Waals surface area contributed by atoms with Crippen molar-refractivity contribution in [2.75, 3.05) is 13.1 Å². The van der Waals surface area contributed by atoms with E-state index in [2.05, 4.69) is 5.10 Å². The molecule has 1 aliphatic heterocycles. The average molecular weight is 333 g/mol. The monoisotopic (exact) mass is 332 g/mol. The molecule has 2 heterocycles. The topological polar surface area (TPSA) is 64.2 Å². The lowest BCUT2D eigenvalue weighted by Gasteiger charge is -2.34. The van der Waals surface area contributed by atoms with Crippen LogP contribution in [0.1, 0.15) is 30.1 Å². The van der Waals surface area contributed by atoms with Crippen molar-refractivity contribution in [2.45, 2.75) is 25.8 Å². The molecule has 6 heteroatoms. The molecule has 2 atom stereocenters. The predicted octanol–water partition coefficient (Wildman–Crippen LogP) is 2.73. The maximum absolute atomic E-state index is 12.7. The molecule has 0 bridgehead atoms. The van der Waals surface area contributed by atoms with Gasteiger partial charge in [-0.15, -0.1) is 0 Å². The van der Waals surface area contributed by atoms with E-state index in [1.165, 1.54) is 0 Å².